The van der Waals surface area contributed by atoms with Crippen LogP contribution in [0, 0.1) is 5.92 Å². The number of imide groups is 1. The molecule has 3 saturated heterocycles. The third-order valence-electron chi connectivity index (χ3n) is 7.60. The standard InChI is InChI=1S/C26H38N4O5/c1-34-17-16-29(18-19-6-5-15-28-14-4-3-7-23(19)28)24(31)13-12-22-25(32)30(26(33)27-22)20-8-10-21(35-2)11-9-20/h8-11,19,22-23H,3-7,12-18H2,1-2H3,(H,27,33)/t19-,22-,23-/m0/s1. The number of ether oxygens (including phenoxy) is 2. The largest absolute Gasteiger partial charge is 0.497 e. The number of hydrogen-bond acceptors (Lipinski definition) is 6. The van der Waals surface area contributed by atoms with Gasteiger partial charge in [0.05, 0.1) is 19.4 Å². The van der Waals surface area contributed by atoms with Crippen LogP contribution in [0.15, 0.2) is 24.3 Å². The summed E-state index contributed by atoms with van der Waals surface area (Å²) in [6.45, 7) is 4.09. The molecule has 35 heavy (non-hydrogen) atoms. The molecule has 0 unspecified atom stereocenters. The Labute approximate surface area is 207 Å². The first-order valence-electron chi connectivity index (χ1n) is 12.8. The van der Waals surface area contributed by atoms with Crippen LogP contribution in [-0.2, 0) is 14.3 Å². The smallest absolute Gasteiger partial charge is 0.329 e. The molecule has 0 spiro atoms. The number of fused-ring (bicyclic) bond motifs is 1. The fourth-order valence-corrected chi connectivity index (χ4v) is 5.72. The number of piperidine rings is 2. The van der Waals surface area contributed by atoms with Crippen molar-refractivity contribution >= 4 is 23.5 Å². The number of anilines is 1. The third-order valence-corrected chi connectivity index (χ3v) is 7.60. The summed E-state index contributed by atoms with van der Waals surface area (Å²) in [4.78, 5) is 44.4. The van der Waals surface area contributed by atoms with Gasteiger partial charge in [-0.2, -0.15) is 0 Å². The van der Waals surface area contributed by atoms with Crippen molar-refractivity contribution < 1.29 is 23.9 Å². The Morgan fingerprint density at radius 1 is 1.09 bits per heavy atom. The molecule has 0 radical (unpaired) electrons. The maximum Gasteiger partial charge on any atom is 0.329 e. The van der Waals surface area contributed by atoms with Crippen molar-refractivity contribution in [2.45, 2.75) is 57.0 Å². The lowest BCUT2D eigenvalue weighted by molar-refractivity contribution is -0.133. The van der Waals surface area contributed by atoms with Crippen LogP contribution in [0.3, 0.4) is 0 Å². The van der Waals surface area contributed by atoms with E-state index in [1.54, 1.807) is 38.5 Å². The quantitative estimate of drug-likeness (QED) is 0.512. The van der Waals surface area contributed by atoms with E-state index in [4.69, 9.17) is 9.47 Å². The Morgan fingerprint density at radius 3 is 2.60 bits per heavy atom. The minimum absolute atomic E-state index is 0.0138. The molecule has 1 aromatic rings. The summed E-state index contributed by atoms with van der Waals surface area (Å²) in [7, 11) is 3.21. The maximum absolute atomic E-state index is 13.3. The highest BCUT2D eigenvalue weighted by Gasteiger charge is 2.39. The predicted molar refractivity (Wildman–Crippen MR) is 132 cm³/mol. The Hall–Kier alpha value is -2.65. The van der Waals surface area contributed by atoms with Crippen molar-refractivity contribution in [2.24, 2.45) is 5.92 Å². The van der Waals surface area contributed by atoms with Gasteiger partial charge in [0, 0.05) is 32.7 Å². The molecule has 0 saturated carbocycles. The highest BCUT2D eigenvalue weighted by atomic mass is 16.5. The van der Waals surface area contributed by atoms with Crippen LogP contribution >= 0.6 is 0 Å². The van der Waals surface area contributed by atoms with Crippen molar-refractivity contribution in [3.63, 3.8) is 0 Å². The third kappa shape index (κ3) is 5.95. The van der Waals surface area contributed by atoms with Gasteiger partial charge >= 0.3 is 6.03 Å². The summed E-state index contributed by atoms with van der Waals surface area (Å²) in [6.07, 6.45) is 6.55. The zero-order valence-corrected chi connectivity index (χ0v) is 20.9. The Kier molecular flexibility index (Phi) is 8.62. The second-order valence-electron chi connectivity index (χ2n) is 9.75. The molecule has 3 heterocycles. The maximum atomic E-state index is 13.3. The minimum atomic E-state index is -0.707. The normalized spacial score (nSPS) is 24.7. The lowest BCUT2D eigenvalue weighted by Crippen LogP contribution is -2.52. The van der Waals surface area contributed by atoms with E-state index in [0.29, 0.717) is 36.5 Å². The van der Waals surface area contributed by atoms with Gasteiger partial charge in [-0.15, -0.1) is 0 Å². The monoisotopic (exact) mass is 486 g/mol. The van der Waals surface area contributed by atoms with Crippen molar-refractivity contribution in [1.29, 1.82) is 0 Å². The number of amides is 4. The van der Waals surface area contributed by atoms with Crippen LogP contribution in [0.25, 0.3) is 0 Å². The van der Waals surface area contributed by atoms with E-state index in [9.17, 15) is 14.4 Å². The number of urea groups is 1. The highest BCUT2D eigenvalue weighted by Crippen LogP contribution is 2.31. The van der Waals surface area contributed by atoms with Crippen molar-refractivity contribution in [1.82, 2.24) is 15.1 Å². The second kappa shape index (κ2) is 11.9. The van der Waals surface area contributed by atoms with Crippen LogP contribution in [0.1, 0.15) is 44.9 Å². The topological polar surface area (TPSA) is 91.4 Å². The predicted octanol–water partition coefficient (Wildman–Crippen LogP) is 2.64. The summed E-state index contributed by atoms with van der Waals surface area (Å²) in [5.74, 6) is 0.804. The van der Waals surface area contributed by atoms with Gasteiger partial charge in [-0.05, 0) is 75.4 Å². The first-order valence-corrected chi connectivity index (χ1v) is 12.8. The van der Waals surface area contributed by atoms with Gasteiger partial charge < -0.3 is 24.6 Å². The minimum Gasteiger partial charge on any atom is -0.497 e. The summed E-state index contributed by atoms with van der Waals surface area (Å²) in [5, 5.41) is 2.74. The van der Waals surface area contributed by atoms with E-state index >= 15 is 0 Å². The number of carbonyl (C=O) groups is 3. The van der Waals surface area contributed by atoms with E-state index in [2.05, 4.69) is 10.2 Å². The van der Waals surface area contributed by atoms with E-state index in [0.717, 1.165) is 17.9 Å². The van der Waals surface area contributed by atoms with E-state index in [1.807, 2.05) is 4.90 Å². The average molecular weight is 487 g/mol. The molecule has 3 atom stereocenters. The number of hydrogen-bond donors (Lipinski definition) is 1. The molecule has 1 aromatic carbocycles. The Morgan fingerprint density at radius 2 is 1.86 bits per heavy atom. The number of nitrogens with one attached hydrogen (secondary N) is 1. The van der Waals surface area contributed by atoms with Gasteiger partial charge in [0.25, 0.3) is 5.91 Å². The summed E-state index contributed by atoms with van der Waals surface area (Å²) in [5.41, 5.74) is 0.484. The first-order chi connectivity index (χ1) is 17.0. The Balaban J connectivity index is 1.35. The van der Waals surface area contributed by atoms with Gasteiger partial charge in [-0.3, -0.25) is 9.59 Å². The van der Waals surface area contributed by atoms with E-state index < -0.39 is 12.1 Å². The van der Waals surface area contributed by atoms with E-state index in [-0.39, 0.29) is 24.7 Å². The number of carbonyl (C=O) groups excluding carboxylic acids is 3. The van der Waals surface area contributed by atoms with Crippen molar-refractivity contribution in [3.05, 3.63) is 24.3 Å². The molecule has 0 aromatic heterocycles. The molecular weight excluding hydrogens is 448 g/mol. The Bertz CT molecular complexity index is 890. The van der Waals surface area contributed by atoms with Gasteiger partial charge in [0.2, 0.25) is 5.91 Å². The van der Waals surface area contributed by atoms with E-state index in [1.165, 1.54) is 38.8 Å². The number of nitrogens with zero attached hydrogens (tertiary/aromatic N) is 3. The lowest BCUT2D eigenvalue weighted by Gasteiger charge is -2.45. The summed E-state index contributed by atoms with van der Waals surface area (Å²) in [6, 6.07) is 6.15. The van der Waals surface area contributed by atoms with Crippen LogP contribution in [0.2, 0.25) is 0 Å². The fraction of sp³-hybridized carbons (Fsp3) is 0.654. The average Bonchev–Trinajstić information content (AvgIpc) is 3.17. The molecule has 0 aliphatic carbocycles. The number of methoxy groups -OCH3 is 2. The molecular formula is C26H38N4O5. The highest BCUT2D eigenvalue weighted by molar-refractivity contribution is 6.21. The summed E-state index contributed by atoms with van der Waals surface area (Å²) < 4.78 is 10.4. The van der Waals surface area contributed by atoms with Gasteiger partial charge in [-0.1, -0.05) is 6.42 Å². The lowest BCUT2D eigenvalue weighted by atomic mass is 9.83. The molecule has 192 valence electrons. The molecule has 3 aliphatic rings. The van der Waals surface area contributed by atoms with Crippen molar-refractivity contribution in [3.8, 4) is 5.75 Å². The van der Waals surface area contributed by atoms with Crippen LogP contribution < -0.4 is 15.0 Å². The molecule has 4 rings (SSSR count). The number of benzene rings is 1. The van der Waals surface area contributed by atoms with Crippen LogP contribution in [0.5, 0.6) is 5.75 Å². The molecule has 9 nitrogen and oxygen atoms in total. The van der Waals surface area contributed by atoms with Crippen molar-refractivity contribution in [2.75, 3.05) is 51.9 Å². The summed E-state index contributed by atoms with van der Waals surface area (Å²) >= 11 is 0. The van der Waals surface area contributed by atoms with Gasteiger partial charge in [0.15, 0.2) is 0 Å². The molecule has 3 fully saturated rings. The van der Waals surface area contributed by atoms with Gasteiger partial charge in [0.1, 0.15) is 11.8 Å². The fourth-order valence-electron chi connectivity index (χ4n) is 5.72. The van der Waals surface area contributed by atoms with Crippen LogP contribution in [-0.4, -0.2) is 86.7 Å². The first kappa shape index (κ1) is 25.4. The molecule has 4 amide bonds. The molecule has 3 aliphatic heterocycles. The SMILES string of the molecule is COCCN(C[C@@H]1CCCN2CCCC[C@@H]12)C(=O)CC[C@@H]1NC(=O)N(c2ccc(OC)cc2)C1=O. The molecule has 0 bridgehead atoms. The molecule has 9 heteroatoms. The zero-order valence-electron chi connectivity index (χ0n) is 20.9. The second-order valence-corrected chi connectivity index (χ2v) is 9.75. The number of rotatable bonds is 10. The molecule has 1 N–H and O–H groups in total. The van der Waals surface area contributed by atoms with Gasteiger partial charge in [-0.25, -0.2) is 9.69 Å². The van der Waals surface area contributed by atoms with Crippen LogP contribution in [0.4, 0.5) is 10.5 Å². The zero-order chi connectivity index (χ0) is 24.8.